The molecular weight excluding hydrogens is 793 g/mol. The van der Waals surface area contributed by atoms with Gasteiger partial charge in [-0.05, 0) is 19.3 Å². The first-order valence-corrected chi connectivity index (χ1v) is 29.0. The molecule has 1 atom stereocenters. The van der Waals surface area contributed by atoms with Gasteiger partial charge in [0.05, 0.1) is 0 Å². The van der Waals surface area contributed by atoms with Crippen LogP contribution >= 0.6 is 0 Å². The van der Waals surface area contributed by atoms with Crippen molar-refractivity contribution in [3.05, 3.63) is 0 Å². The number of carbonyl (C=O) groups is 3. The van der Waals surface area contributed by atoms with Crippen LogP contribution in [0.2, 0.25) is 0 Å². The number of ether oxygens (including phenoxy) is 3. The molecule has 0 aromatic carbocycles. The Balaban J connectivity index is 4.25. The van der Waals surface area contributed by atoms with Crippen molar-refractivity contribution < 1.29 is 28.6 Å². The lowest BCUT2D eigenvalue weighted by Crippen LogP contribution is -2.30. The summed E-state index contributed by atoms with van der Waals surface area (Å²) in [6, 6.07) is 0. The summed E-state index contributed by atoms with van der Waals surface area (Å²) in [7, 11) is 0. The van der Waals surface area contributed by atoms with E-state index in [2.05, 4.69) is 20.8 Å². The van der Waals surface area contributed by atoms with Gasteiger partial charge in [0.1, 0.15) is 13.2 Å². The summed E-state index contributed by atoms with van der Waals surface area (Å²) >= 11 is 0. The van der Waals surface area contributed by atoms with Crippen molar-refractivity contribution in [3.63, 3.8) is 0 Å². The molecule has 0 unspecified atom stereocenters. The fourth-order valence-corrected chi connectivity index (χ4v) is 8.98. The predicted molar refractivity (Wildman–Crippen MR) is 275 cm³/mol. The topological polar surface area (TPSA) is 78.9 Å². The number of unbranched alkanes of at least 4 members (excludes halogenated alkanes) is 43. The Morgan fingerprint density at radius 3 is 0.625 bits per heavy atom. The molecule has 0 radical (unpaired) electrons. The van der Waals surface area contributed by atoms with E-state index >= 15 is 0 Å². The quantitative estimate of drug-likeness (QED) is 0.0344. The molecule has 0 bridgehead atoms. The minimum absolute atomic E-state index is 0.0611. The zero-order chi connectivity index (χ0) is 46.5. The zero-order valence-electron chi connectivity index (χ0n) is 43.6. The molecule has 0 amide bonds. The van der Waals surface area contributed by atoms with E-state index in [9.17, 15) is 14.4 Å². The van der Waals surface area contributed by atoms with Crippen LogP contribution in [0.3, 0.4) is 0 Å². The molecule has 0 aliphatic heterocycles. The molecule has 0 saturated heterocycles. The van der Waals surface area contributed by atoms with Crippen LogP contribution in [-0.2, 0) is 28.6 Å². The lowest BCUT2D eigenvalue weighted by atomic mass is 10.0. The first-order chi connectivity index (χ1) is 31.5. The van der Waals surface area contributed by atoms with Crippen LogP contribution in [0.1, 0.15) is 335 Å². The van der Waals surface area contributed by atoms with Gasteiger partial charge in [0, 0.05) is 19.3 Å². The van der Waals surface area contributed by atoms with Gasteiger partial charge in [-0.3, -0.25) is 14.4 Å². The van der Waals surface area contributed by atoms with Gasteiger partial charge < -0.3 is 14.2 Å². The summed E-state index contributed by atoms with van der Waals surface area (Å²) < 4.78 is 16.9. The van der Waals surface area contributed by atoms with Crippen molar-refractivity contribution in [2.75, 3.05) is 13.2 Å². The fraction of sp³-hybridized carbons (Fsp3) is 0.948. The maximum atomic E-state index is 12.8. The molecular formula is C58H112O6. The average molecular weight is 906 g/mol. The monoisotopic (exact) mass is 905 g/mol. The normalized spacial score (nSPS) is 11.9. The van der Waals surface area contributed by atoms with Gasteiger partial charge in [-0.1, -0.05) is 297 Å². The second-order valence-electron chi connectivity index (χ2n) is 19.9. The second-order valence-corrected chi connectivity index (χ2v) is 19.9. The van der Waals surface area contributed by atoms with E-state index in [1.54, 1.807) is 0 Å². The van der Waals surface area contributed by atoms with Crippen LogP contribution < -0.4 is 0 Å². The zero-order valence-corrected chi connectivity index (χ0v) is 43.6. The Morgan fingerprint density at radius 2 is 0.422 bits per heavy atom. The lowest BCUT2D eigenvalue weighted by Gasteiger charge is -2.18. The minimum Gasteiger partial charge on any atom is -0.462 e. The Morgan fingerprint density at radius 1 is 0.250 bits per heavy atom. The maximum Gasteiger partial charge on any atom is 0.306 e. The molecule has 0 aliphatic rings. The first-order valence-electron chi connectivity index (χ1n) is 29.0. The maximum absolute atomic E-state index is 12.8. The Kier molecular flexibility index (Phi) is 52.7. The number of esters is 3. The summed E-state index contributed by atoms with van der Waals surface area (Å²) in [5, 5.41) is 0. The predicted octanol–water partition coefficient (Wildman–Crippen LogP) is 19.2. The molecule has 0 aromatic heterocycles. The molecule has 0 aliphatic carbocycles. The molecule has 0 spiro atoms. The molecule has 0 rings (SSSR count). The van der Waals surface area contributed by atoms with Gasteiger partial charge >= 0.3 is 17.9 Å². The van der Waals surface area contributed by atoms with Gasteiger partial charge in [0.25, 0.3) is 0 Å². The highest BCUT2D eigenvalue weighted by atomic mass is 16.6. The summed E-state index contributed by atoms with van der Waals surface area (Å²) in [6.07, 6.45) is 59.5. The number of hydrogen-bond acceptors (Lipinski definition) is 6. The van der Waals surface area contributed by atoms with Gasteiger partial charge in [-0.25, -0.2) is 0 Å². The van der Waals surface area contributed by atoms with Crippen LogP contribution in [0.15, 0.2) is 0 Å². The highest BCUT2D eigenvalue weighted by Gasteiger charge is 2.19. The van der Waals surface area contributed by atoms with E-state index in [-0.39, 0.29) is 31.1 Å². The van der Waals surface area contributed by atoms with Gasteiger partial charge in [0.15, 0.2) is 6.10 Å². The Labute approximate surface area is 399 Å². The van der Waals surface area contributed by atoms with E-state index in [0.29, 0.717) is 19.3 Å². The fourth-order valence-electron chi connectivity index (χ4n) is 8.98. The van der Waals surface area contributed by atoms with Crippen LogP contribution in [0, 0.1) is 0 Å². The third-order valence-corrected chi connectivity index (χ3v) is 13.4. The van der Waals surface area contributed by atoms with Crippen LogP contribution in [0.5, 0.6) is 0 Å². The highest BCUT2D eigenvalue weighted by molar-refractivity contribution is 5.71. The molecule has 6 heteroatoms. The SMILES string of the molecule is CCCCCCCCCCCCCCCCCCCCCC(=O)OC[C@@H](COC(=O)CCCCCCCCCCCCCC)OC(=O)CCCCCCCCCCCCCCCCC. The van der Waals surface area contributed by atoms with Crippen LogP contribution in [0.25, 0.3) is 0 Å². The highest BCUT2D eigenvalue weighted by Crippen LogP contribution is 2.18. The second kappa shape index (κ2) is 54.0. The van der Waals surface area contributed by atoms with E-state index < -0.39 is 6.10 Å². The molecule has 6 nitrogen and oxygen atoms in total. The lowest BCUT2D eigenvalue weighted by molar-refractivity contribution is -0.167. The van der Waals surface area contributed by atoms with Crippen molar-refractivity contribution >= 4 is 17.9 Å². The summed E-state index contributed by atoms with van der Waals surface area (Å²) in [5.74, 6) is -0.833. The average Bonchev–Trinajstić information content (AvgIpc) is 3.29. The van der Waals surface area contributed by atoms with Crippen molar-refractivity contribution in [2.24, 2.45) is 0 Å². The van der Waals surface area contributed by atoms with E-state index in [1.165, 1.54) is 238 Å². The number of carbonyl (C=O) groups excluding carboxylic acids is 3. The number of hydrogen-bond donors (Lipinski definition) is 0. The van der Waals surface area contributed by atoms with Crippen molar-refractivity contribution in [3.8, 4) is 0 Å². The first kappa shape index (κ1) is 62.4. The van der Waals surface area contributed by atoms with E-state index in [4.69, 9.17) is 14.2 Å². The summed E-state index contributed by atoms with van der Waals surface area (Å²) in [4.78, 5) is 38.1. The third kappa shape index (κ3) is 51.4. The third-order valence-electron chi connectivity index (χ3n) is 13.4. The van der Waals surface area contributed by atoms with E-state index in [1.807, 2.05) is 0 Å². The van der Waals surface area contributed by atoms with Crippen LogP contribution in [-0.4, -0.2) is 37.2 Å². The van der Waals surface area contributed by atoms with Crippen molar-refractivity contribution in [1.82, 2.24) is 0 Å². The molecule has 0 fully saturated rings. The molecule has 0 N–H and O–H groups in total. The minimum atomic E-state index is -0.760. The molecule has 0 heterocycles. The Hall–Kier alpha value is -1.59. The van der Waals surface area contributed by atoms with Crippen LogP contribution in [0.4, 0.5) is 0 Å². The summed E-state index contributed by atoms with van der Waals surface area (Å²) in [6.45, 7) is 6.70. The largest absolute Gasteiger partial charge is 0.462 e. The molecule has 0 aromatic rings. The van der Waals surface area contributed by atoms with E-state index in [0.717, 1.165) is 57.8 Å². The van der Waals surface area contributed by atoms with Gasteiger partial charge in [-0.2, -0.15) is 0 Å². The standard InChI is InChI=1S/C58H112O6/c1-4-7-10-13-16-19-22-25-27-28-29-30-32-33-36-39-42-45-48-51-57(60)63-54-55(53-62-56(59)50-47-44-41-38-35-24-21-18-15-12-9-6-3)64-58(61)52-49-46-43-40-37-34-31-26-23-20-17-14-11-8-5-2/h55H,4-54H2,1-3H3/t55-/m1/s1. The summed E-state index contributed by atoms with van der Waals surface area (Å²) in [5.41, 5.74) is 0. The number of rotatable bonds is 54. The van der Waals surface area contributed by atoms with Gasteiger partial charge in [0.2, 0.25) is 0 Å². The molecule has 380 valence electrons. The van der Waals surface area contributed by atoms with Crippen molar-refractivity contribution in [2.45, 2.75) is 341 Å². The van der Waals surface area contributed by atoms with Crippen molar-refractivity contribution in [1.29, 1.82) is 0 Å². The molecule has 0 saturated carbocycles. The smallest absolute Gasteiger partial charge is 0.306 e. The van der Waals surface area contributed by atoms with Gasteiger partial charge in [-0.15, -0.1) is 0 Å². The molecule has 64 heavy (non-hydrogen) atoms. The Bertz CT molecular complexity index is 951.